The van der Waals surface area contributed by atoms with E-state index in [9.17, 15) is 4.79 Å². The first-order valence-corrected chi connectivity index (χ1v) is 8.97. The van der Waals surface area contributed by atoms with Crippen molar-refractivity contribution in [2.75, 3.05) is 5.32 Å². The van der Waals surface area contributed by atoms with Gasteiger partial charge in [-0.2, -0.15) is 15.0 Å². The Balaban J connectivity index is 1.38. The molecule has 1 amide bonds. The van der Waals surface area contributed by atoms with Crippen LogP contribution >= 0.6 is 11.6 Å². The molecular formula is C19H16ClN7O. The minimum absolute atomic E-state index is 0.186. The van der Waals surface area contributed by atoms with Crippen LogP contribution in [0.5, 0.6) is 0 Å². The Kier molecular flexibility index (Phi) is 5.11. The molecule has 0 aliphatic carbocycles. The molecule has 3 heterocycles. The van der Waals surface area contributed by atoms with E-state index in [1.54, 1.807) is 47.4 Å². The maximum atomic E-state index is 12.4. The molecule has 0 bridgehead atoms. The van der Waals surface area contributed by atoms with Gasteiger partial charge in [0.25, 0.3) is 5.91 Å². The third kappa shape index (κ3) is 4.24. The molecule has 0 aliphatic rings. The molecule has 4 rings (SSSR count). The lowest BCUT2D eigenvalue weighted by Crippen LogP contribution is -2.14. The van der Waals surface area contributed by atoms with Gasteiger partial charge in [0, 0.05) is 36.2 Å². The molecule has 1 aromatic carbocycles. The lowest BCUT2D eigenvalue weighted by atomic mass is 10.2. The van der Waals surface area contributed by atoms with Crippen molar-refractivity contribution in [1.29, 1.82) is 0 Å². The number of aromatic nitrogens is 6. The van der Waals surface area contributed by atoms with Crippen LogP contribution in [-0.2, 0) is 13.0 Å². The highest BCUT2D eigenvalue weighted by molar-refractivity contribution is 6.30. The number of hydrogen-bond donors (Lipinski definition) is 1. The Morgan fingerprint density at radius 1 is 1.11 bits per heavy atom. The normalized spacial score (nSPS) is 10.8. The van der Waals surface area contributed by atoms with Crippen LogP contribution in [0.1, 0.15) is 16.1 Å². The Hall–Kier alpha value is -3.52. The number of rotatable bonds is 6. The Labute approximate surface area is 165 Å². The lowest BCUT2D eigenvalue weighted by Gasteiger charge is -2.02. The molecule has 0 saturated heterocycles. The molecular weight excluding hydrogens is 378 g/mol. The summed E-state index contributed by atoms with van der Waals surface area (Å²) < 4.78 is 1.78. The fourth-order valence-corrected chi connectivity index (χ4v) is 2.80. The second-order valence-corrected chi connectivity index (χ2v) is 6.46. The molecule has 0 radical (unpaired) electrons. The van der Waals surface area contributed by atoms with Gasteiger partial charge in [0.1, 0.15) is 0 Å². The van der Waals surface area contributed by atoms with Crippen LogP contribution in [0.3, 0.4) is 0 Å². The monoisotopic (exact) mass is 393 g/mol. The topological polar surface area (TPSA) is 90.5 Å². The predicted molar refractivity (Wildman–Crippen MR) is 104 cm³/mol. The SMILES string of the molecule is O=C(Nc1ccn(CCc2ccncc2)n1)c1cnn(-c2cccc(Cl)c2)n1. The molecule has 9 heteroatoms. The second-order valence-electron chi connectivity index (χ2n) is 6.02. The summed E-state index contributed by atoms with van der Waals surface area (Å²) in [6.45, 7) is 0.699. The maximum absolute atomic E-state index is 12.4. The number of halogens is 1. The van der Waals surface area contributed by atoms with E-state index in [2.05, 4.69) is 25.6 Å². The van der Waals surface area contributed by atoms with Gasteiger partial charge >= 0.3 is 0 Å². The quantitative estimate of drug-likeness (QED) is 0.543. The van der Waals surface area contributed by atoms with Gasteiger partial charge in [-0.05, 0) is 42.3 Å². The first-order chi connectivity index (χ1) is 13.7. The van der Waals surface area contributed by atoms with Gasteiger partial charge in [-0.1, -0.05) is 17.7 Å². The number of amides is 1. The number of carbonyl (C=O) groups excluding carboxylic acids is 1. The van der Waals surface area contributed by atoms with Crippen molar-refractivity contribution in [3.8, 4) is 5.69 Å². The van der Waals surface area contributed by atoms with E-state index in [0.29, 0.717) is 23.1 Å². The summed E-state index contributed by atoms with van der Waals surface area (Å²) in [5.41, 5.74) is 2.03. The molecule has 28 heavy (non-hydrogen) atoms. The molecule has 0 aliphatic heterocycles. The van der Waals surface area contributed by atoms with Gasteiger partial charge in [0.05, 0.1) is 11.9 Å². The van der Waals surface area contributed by atoms with Crippen LogP contribution in [0.2, 0.25) is 5.02 Å². The molecule has 0 unspecified atom stereocenters. The van der Waals surface area contributed by atoms with Gasteiger partial charge in [-0.25, -0.2) is 0 Å². The maximum Gasteiger partial charge on any atom is 0.279 e. The highest BCUT2D eigenvalue weighted by Crippen LogP contribution is 2.13. The number of nitrogens with one attached hydrogen (secondary N) is 1. The van der Waals surface area contributed by atoms with Crippen molar-refractivity contribution in [2.24, 2.45) is 0 Å². The Morgan fingerprint density at radius 2 is 1.96 bits per heavy atom. The van der Waals surface area contributed by atoms with Crippen LogP contribution in [0, 0.1) is 0 Å². The molecule has 4 aromatic rings. The summed E-state index contributed by atoms with van der Waals surface area (Å²) in [5.74, 6) is 0.0738. The van der Waals surface area contributed by atoms with Crippen molar-refractivity contribution in [3.63, 3.8) is 0 Å². The van der Waals surface area contributed by atoms with E-state index in [-0.39, 0.29) is 11.6 Å². The number of aryl methyl sites for hydroxylation is 2. The predicted octanol–water partition coefficient (Wildman–Crippen LogP) is 3.01. The number of nitrogens with zero attached hydrogens (tertiary/aromatic N) is 6. The molecule has 0 fully saturated rings. The van der Waals surface area contributed by atoms with Crippen LogP contribution < -0.4 is 5.32 Å². The van der Waals surface area contributed by atoms with Gasteiger partial charge < -0.3 is 5.32 Å². The highest BCUT2D eigenvalue weighted by Gasteiger charge is 2.13. The zero-order valence-corrected chi connectivity index (χ0v) is 15.5. The van der Waals surface area contributed by atoms with E-state index in [0.717, 1.165) is 6.42 Å². The van der Waals surface area contributed by atoms with Crippen molar-refractivity contribution < 1.29 is 4.79 Å². The summed E-state index contributed by atoms with van der Waals surface area (Å²) in [4.78, 5) is 17.8. The minimum Gasteiger partial charge on any atom is -0.304 e. The van der Waals surface area contributed by atoms with Gasteiger partial charge in [-0.3, -0.25) is 14.5 Å². The van der Waals surface area contributed by atoms with Crippen LogP contribution in [0.15, 0.2) is 67.3 Å². The average Bonchev–Trinajstić information content (AvgIpc) is 3.37. The Morgan fingerprint density at radius 3 is 2.79 bits per heavy atom. The standard InChI is InChI=1S/C19H16ClN7O/c20-15-2-1-3-16(12-15)27-22-13-17(24-27)19(28)23-18-7-11-26(25-18)10-6-14-4-8-21-9-5-14/h1-5,7-9,11-13H,6,10H2,(H,23,25,28). The fourth-order valence-electron chi connectivity index (χ4n) is 2.62. The summed E-state index contributed by atoms with van der Waals surface area (Å²) in [6.07, 6.45) is 7.57. The zero-order valence-electron chi connectivity index (χ0n) is 14.7. The smallest absolute Gasteiger partial charge is 0.279 e. The molecule has 0 atom stereocenters. The van der Waals surface area contributed by atoms with Crippen LogP contribution in [0.25, 0.3) is 5.69 Å². The fraction of sp³-hybridized carbons (Fsp3) is 0.105. The van der Waals surface area contributed by atoms with Crippen molar-refractivity contribution in [1.82, 2.24) is 29.8 Å². The minimum atomic E-state index is -0.382. The van der Waals surface area contributed by atoms with Gasteiger partial charge in [0.15, 0.2) is 11.5 Å². The van der Waals surface area contributed by atoms with Crippen LogP contribution in [-0.4, -0.2) is 35.7 Å². The number of carbonyl (C=O) groups is 1. The van der Waals surface area contributed by atoms with E-state index >= 15 is 0 Å². The van der Waals surface area contributed by atoms with Crippen molar-refractivity contribution >= 4 is 23.3 Å². The summed E-state index contributed by atoms with van der Waals surface area (Å²) >= 11 is 5.98. The lowest BCUT2D eigenvalue weighted by molar-refractivity contribution is 0.102. The van der Waals surface area contributed by atoms with Gasteiger partial charge in [0.2, 0.25) is 0 Å². The first kappa shape index (κ1) is 17.9. The second kappa shape index (κ2) is 8.01. The van der Waals surface area contributed by atoms with Crippen molar-refractivity contribution in [2.45, 2.75) is 13.0 Å². The number of benzene rings is 1. The molecule has 8 nitrogen and oxygen atoms in total. The first-order valence-electron chi connectivity index (χ1n) is 8.59. The largest absolute Gasteiger partial charge is 0.304 e. The molecule has 140 valence electrons. The summed E-state index contributed by atoms with van der Waals surface area (Å²) in [6, 6.07) is 12.7. The average molecular weight is 394 g/mol. The number of pyridine rings is 1. The third-order valence-electron chi connectivity index (χ3n) is 4.02. The van der Waals surface area contributed by atoms with E-state index in [1.165, 1.54) is 16.6 Å². The number of anilines is 1. The summed E-state index contributed by atoms with van der Waals surface area (Å²) in [7, 11) is 0. The molecule has 3 aromatic heterocycles. The highest BCUT2D eigenvalue weighted by atomic mass is 35.5. The van der Waals surface area contributed by atoms with Crippen molar-refractivity contribution in [3.05, 3.63) is 83.5 Å². The van der Waals surface area contributed by atoms with Gasteiger partial charge in [-0.15, -0.1) is 5.10 Å². The summed E-state index contributed by atoms with van der Waals surface area (Å²) in [5, 5.41) is 16.0. The van der Waals surface area contributed by atoms with Crippen LogP contribution in [0.4, 0.5) is 5.82 Å². The molecule has 0 spiro atoms. The number of hydrogen-bond acceptors (Lipinski definition) is 5. The van der Waals surface area contributed by atoms with E-state index in [1.807, 2.05) is 18.3 Å². The Bertz CT molecular complexity index is 1090. The van der Waals surface area contributed by atoms with E-state index in [4.69, 9.17) is 11.6 Å². The zero-order chi connectivity index (χ0) is 19.3. The molecule has 0 saturated carbocycles. The third-order valence-corrected chi connectivity index (χ3v) is 4.26. The van der Waals surface area contributed by atoms with E-state index < -0.39 is 0 Å². The molecule has 1 N–H and O–H groups in total.